The normalized spacial score (nSPS) is 14.9. The lowest BCUT2D eigenvalue weighted by atomic mass is 9.97. The van der Waals surface area contributed by atoms with E-state index in [4.69, 9.17) is 11.6 Å². The standard InChI is InChI=1S/C12H18ClNO/c1-3-4-9(2)7-12(15)11-6-5-10(13)8-14-11/h5-6,8-9,12,15H,3-4,7H2,1-2H3. The van der Waals surface area contributed by atoms with Crippen molar-refractivity contribution in [2.45, 2.75) is 39.2 Å². The largest absolute Gasteiger partial charge is 0.387 e. The number of hydrogen-bond acceptors (Lipinski definition) is 2. The van der Waals surface area contributed by atoms with E-state index in [0.717, 1.165) is 19.3 Å². The Balaban J connectivity index is 2.53. The molecule has 0 fully saturated rings. The number of aliphatic hydroxyl groups is 1. The Kier molecular flexibility index (Phi) is 5.06. The molecular formula is C12H18ClNO. The Hall–Kier alpha value is -0.600. The number of hydrogen-bond donors (Lipinski definition) is 1. The third-order valence-electron chi connectivity index (χ3n) is 2.50. The first-order chi connectivity index (χ1) is 7.13. The molecule has 15 heavy (non-hydrogen) atoms. The van der Waals surface area contributed by atoms with Gasteiger partial charge in [-0.25, -0.2) is 0 Å². The molecule has 0 saturated heterocycles. The molecule has 0 aromatic carbocycles. The van der Waals surface area contributed by atoms with Crippen LogP contribution in [0.25, 0.3) is 0 Å². The molecule has 0 saturated carbocycles. The summed E-state index contributed by atoms with van der Waals surface area (Å²) in [5.41, 5.74) is 0.711. The highest BCUT2D eigenvalue weighted by Gasteiger charge is 2.12. The molecule has 0 radical (unpaired) electrons. The average molecular weight is 228 g/mol. The molecule has 1 heterocycles. The highest BCUT2D eigenvalue weighted by molar-refractivity contribution is 6.30. The summed E-state index contributed by atoms with van der Waals surface area (Å²) in [7, 11) is 0. The Morgan fingerprint density at radius 1 is 1.47 bits per heavy atom. The summed E-state index contributed by atoms with van der Waals surface area (Å²) in [6.07, 6.45) is 4.17. The molecule has 3 heteroatoms. The molecule has 2 atom stereocenters. The molecule has 1 rings (SSSR count). The zero-order valence-corrected chi connectivity index (χ0v) is 10.0. The Bertz CT molecular complexity index is 286. The predicted molar refractivity (Wildman–Crippen MR) is 62.9 cm³/mol. The number of halogens is 1. The fourth-order valence-corrected chi connectivity index (χ4v) is 1.81. The molecular weight excluding hydrogens is 210 g/mol. The molecule has 0 aliphatic carbocycles. The van der Waals surface area contributed by atoms with E-state index in [1.165, 1.54) is 0 Å². The van der Waals surface area contributed by atoms with Crippen molar-refractivity contribution < 1.29 is 5.11 Å². The van der Waals surface area contributed by atoms with E-state index in [-0.39, 0.29) is 0 Å². The van der Waals surface area contributed by atoms with Gasteiger partial charge in [-0.15, -0.1) is 0 Å². The molecule has 0 aliphatic rings. The second kappa shape index (κ2) is 6.09. The van der Waals surface area contributed by atoms with Gasteiger partial charge < -0.3 is 5.11 Å². The van der Waals surface area contributed by atoms with Crippen molar-refractivity contribution in [3.63, 3.8) is 0 Å². The summed E-state index contributed by atoms with van der Waals surface area (Å²) in [5, 5.41) is 10.5. The van der Waals surface area contributed by atoms with Gasteiger partial charge in [0, 0.05) is 6.20 Å². The van der Waals surface area contributed by atoms with E-state index in [0.29, 0.717) is 16.6 Å². The van der Waals surface area contributed by atoms with Crippen molar-refractivity contribution in [3.8, 4) is 0 Å². The molecule has 2 nitrogen and oxygen atoms in total. The van der Waals surface area contributed by atoms with Crippen molar-refractivity contribution in [2.75, 3.05) is 0 Å². The van der Waals surface area contributed by atoms with E-state index < -0.39 is 6.10 Å². The highest BCUT2D eigenvalue weighted by Crippen LogP contribution is 2.22. The van der Waals surface area contributed by atoms with Crippen LogP contribution in [-0.2, 0) is 0 Å². The molecule has 0 bridgehead atoms. The fourth-order valence-electron chi connectivity index (χ4n) is 1.70. The van der Waals surface area contributed by atoms with Crippen LogP contribution >= 0.6 is 11.6 Å². The van der Waals surface area contributed by atoms with Gasteiger partial charge in [-0.2, -0.15) is 0 Å². The van der Waals surface area contributed by atoms with Gasteiger partial charge in [-0.1, -0.05) is 38.3 Å². The van der Waals surface area contributed by atoms with Crippen LogP contribution in [0.2, 0.25) is 5.02 Å². The zero-order valence-electron chi connectivity index (χ0n) is 9.28. The zero-order chi connectivity index (χ0) is 11.3. The highest BCUT2D eigenvalue weighted by atomic mass is 35.5. The van der Waals surface area contributed by atoms with Gasteiger partial charge in [-0.05, 0) is 24.5 Å². The van der Waals surface area contributed by atoms with Crippen molar-refractivity contribution >= 4 is 11.6 Å². The van der Waals surface area contributed by atoms with Crippen LogP contribution < -0.4 is 0 Å². The van der Waals surface area contributed by atoms with Crippen molar-refractivity contribution in [3.05, 3.63) is 29.0 Å². The van der Waals surface area contributed by atoms with Crippen LogP contribution in [0, 0.1) is 5.92 Å². The van der Waals surface area contributed by atoms with Crippen LogP contribution in [0.15, 0.2) is 18.3 Å². The van der Waals surface area contributed by atoms with Crippen molar-refractivity contribution in [1.82, 2.24) is 4.98 Å². The Morgan fingerprint density at radius 2 is 2.20 bits per heavy atom. The molecule has 1 aromatic heterocycles. The Morgan fingerprint density at radius 3 is 2.73 bits per heavy atom. The van der Waals surface area contributed by atoms with E-state index in [1.54, 1.807) is 18.3 Å². The van der Waals surface area contributed by atoms with E-state index in [9.17, 15) is 5.11 Å². The van der Waals surface area contributed by atoms with Gasteiger partial charge in [0.1, 0.15) is 0 Å². The van der Waals surface area contributed by atoms with Crippen molar-refractivity contribution in [1.29, 1.82) is 0 Å². The van der Waals surface area contributed by atoms with Gasteiger partial charge in [0.25, 0.3) is 0 Å². The maximum absolute atomic E-state index is 9.90. The van der Waals surface area contributed by atoms with Crippen LogP contribution in [0.4, 0.5) is 0 Å². The monoisotopic (exact) mass is 227 g/mol. The number of nitrogens with zero attached hydrogens (tertiary/aromatic N) is 1. The maximum Gasteiger partial charge on any atom is 0.0962 e. The molecule has 0 spiro atoms. The fraction of sp³-hybridized carbons (Fsp3) is 0.583. The SMILES string of the molecule is CCCC(C)CC(O)c1ccc(Cl)cn1. The summed E-state index contributed by atoms with van der Waals surface area (Å²) in [5.74, 6) is 0.530. The van der Waals surface area contributed by atoms with Crippen LogP contribution in [0.5, 0.6) is 0 Å². The minimum atomic E-state index is -0.469. The summed E-state index contributed by atoms with van der Waals surface area (Å²) in [6, 6.07) is 3.54. The summed E-state index contributed by atoms with van der Waals surface area (Å²) in [4.78, 5) is 4.11. The lowest BCUT2D eigenvalue weighted by molar-refractivity contribution is 0.141. The quantitative estimate of drug-likeness (QED) is 0.834. The minimum absolute atomic E-state index is 0.469. The van der Waals surface area contributed by atoms with Gasteiger partial charge in [0.05, 0.1) is 16.8 Å². The first-order valence-corrected chi connectivity index (χ1v) is 5.80. The van der Waals surface area contributed by atoms with Gasteiger partial charge >= 0.3 is 0 Å². The number of aromatic nitrogens is 1. The maximum atomic E-state index is 9.90. The van der Waals surface area contributed by atoms with E-state index in [1.807, 2.05) is 0 Å². The second-order valence-corrected chi connectivity index (χ2v) is 4.48. The lowest BCUT2D eigenvalue weighted by Crippen LogP contribution is -2.05. The molecule has 1 aromatic rings. The first-order valence-electron chi connectivity index (χ1n) is 5.43. The minimum Gasteiger partial charge on any atom is -0.387 e. The van der Waals surface area contributed by atoms with Crippen LogP contribution in [0.1, 0.15) is 44.9 Å². The number of aliphatic hydroxyl groups excluding tert-OH is 1. The average Bonchev–Trinajstić information content (AvgIpc) is 2.18. The molecule has 1 N–H and O–H groups in total. The first kappa shape index (κ1) is 12.5. The topological polar surface area (TPSA) is 33.1 Å². The predicted octanol–water partition coefficient (Wildman–Crippen LogP) is 3.59. The number of rotatable bonds is 5. The molecule has 84 valence electrons. The van der Waals surface area contributed by atoms with E-state index in [2.05, 4.69) is 18.8 Å². The third-order valence-corrected chi connectivity index (χ3v) is 2.72. The Labute approximate surface area is 96.3 Å². The third kappa shape index (κ3) is 4.18. The molecule has 0 amide bonds. The lowest BCUT2D eigenvalue weighted by Gasteiger charge is -2.15. The van der Waals surface area contributed by atoms with Crippen LogP contribution in [0.3, 0.4) is 0 Å². The summed E-state index contributed by atoms with van der Waals surface area (Å²) in [6.45, 7) is 4.31. The second-order valence-electron chi connectivity index (χ2n) is 4.05. The van der Waals surface area contributed by atoms with Crippen LogP contribution in [-0.4, -0.2) is 10.1 Å². The summed E-state index contributed by atoms with van der Waals surface area (Å²) >= 11 is 5.73. The van der Waals surface area contributed by atoms with Gasteiger partial charge in [-0.3, -0.25) is 4.98 Å². The smallest absolute Gasteiger partial charge is 0.0962 e. The van der Waals surface area contributed by atoms with Gasteiger partial charge in [0.2, 0.25) is 0 Å². The molecule has 0 aliphatic heterocycles. The molecule has 2 unspecified atom stereocenters. The summed E-state index contributed by atoms with van der Waals surface area (Å²) < 4.78 is 0. The van der Waals surface area contributed by atoms with E-state index >= 15 is 0 Å². The van der Waals surface area contributed by atoms with Gasteiger partial charge in [0.15, 0.2) is 0 Å². The number of pyridine rings is 1. The van der Waals surface area contributed by atoms with Crippen molar-refractivity contribution in [2.24, 2.45) is 5.92 Å².